The van der Waals surface area contributed by atoms with Gasteiger partial charge >= 0.3 is 6.03 Å². The number of nitrogens with zero attached hydrogens (tertiary/aromatic N) is 1. The van der Waals surface area contributed by atoms with Crippen molar-refractivity contribution >= 4 is 17.8 Å². The highest BCUT2D eigenvalue weighted by Gasteiger charge is 2.50. The number of carbonyl (C=O) groups excluding carboxylic acids is 3. The van der Waals surface area contributed by atoms with Crippen LogP contribution in [0.25, 0.3) is 0 Å². The number of benzene rings is 1. The van der Waals surface area contributed by atoms with Crippen molar-refractivity contribution in [3.63, 3.8) is 0 Å². The van der Waals surface area contributed by atoms with Gasteiger partial charge in [0.2, 0.25) is 5.91 Å². The minimum absolute atomic E-state index is 0.127. The minimum Gasteiger partial charge on any atom is -0.352 e. The van der Waals surface area contributed by atoms with Gasteiger partial charge in [0.25, 0.3) is 5.91 Å². The fraction of sp³-hybridized carbons (Fsp3) is 0.500. The molecule has 1 spiro atoms. The Balaban J connectivity index is 1.50. The average Bonchev–Trinajstić information content (AvgIpc) is 2.83. The third kappa shape index (κ3) is 3.42. The number of carbonyl (C=O) groups is 3. The van der Waals surface area contributed by atoms with E-state index in [-0.39, 0.29) is 30.8 Å². The topological polar surface area (TPSA) is 78.5 Å². The van der Waals surface area contributed by atoms with Crippen molar-refractivity contribution in [2.24, 2.45) is 0 Å². The van der Waals surface area contributed by atoms with Gasteiger partial charge in [-0.2, -0.15) is 0 Å². The maximum atomic E-state index is 12.6. The van der Waals surface area contributed by atoms with E-state index in [0.29, 0.717) is 19.4 Å². The molecule has 1 aromatic rings. The summed E-state index contributed by atoms with van der Waals surface area (Å²) in [6, 6.07) is 9.26. The van der Waals surface area contributed by atoms with Crippen LogP contribution < -0.4 is 10.6 Å². The number of imide groups is 1. The Bertz CT molecular complexity index is 624. The molecule has 24 heavy (non-hydrogen) atoms. The van der Waals surface area contributed by atoms with E-state index in [1.807, 2.05) is 30.3 Å². The van der Waals surface area contributed by atoms with Gasteiger partial charge in [0.1, 0.15) is 5.54 Å². The summed E-state index contributed by atoms with van der Waals surface area (Å²) in [6.07, 6.45) is 4.55. The van der Waals surface area contributed by atoms with Gasteiger partial charge in [-0.25, -0.2) is 4.79 Å². The summed E-state index contributed by atoms with van der Waals surface area (Å²) < 4.78 is 0. The van der Waals surface area contributed by atoms with Crippen LogP contribution in [-0.4, -0.2) is 34.8 Å². The highest BCUT2D eigenvalue weighted by atomic mass is 16.2. The molecule has 0 unspecified atom stereocenters. The predicted octanol–water partition coefficient (Wildman–Crippen LogP) is 1.95. The standard InChI is InChI=1S/C18H23N3O3/c22-15(19-13-14-7-3-1-4-8-14)9-12-21-16(23)18(20-17(21)24)10-5-2-6-11-18/h1,3-4,7-8H,2,5-6,9-13H2,(H,19,22)(H,20,24). The molecule has 1 saturated carbocycles. The quantitative estimate of drug-likeness (QED) is 0.811. The Hall–Kier alpha value is -2.37. The maximum absolute atomic E-state index is 12.6. The highest BCUT2D eigenvalue weighted by molar-refractivity contribution is 6.07. The normalized spacial score (nSPS) is 19.4. The van der Waals surface area contributed by atoms with E-state index in [1.54, 1.807) is 0 Å². The van der Waals surface area contributed by atoms with Gasteiger partial charge in [0.05, 0.1) is 0 Å². The second-order valence-electron chi connectivity index (χ2n) is 6.54. The Morgan fingerprint density at radius 2 is 1.83 bits per heavy atom. The molecule has 4 amide bonds. The summed E-state index contributed by atoms with van der Waals surface area (Å²) >= 11 is 0. The van der Waals surface area contributed by atoms with Gasteiger partial charge < -0.3 is 10.6 Å². The Morgan fingerprint density at radius 1 is 1.12 bits per heavy atom. The van der Waals surface area contributed by atoms with Gasteiger partial charge in [-0.05, 0) is 18.4 Å². The van der Waals surface area contributed by atoms with Gasteiger partial charge in [-0.15, -0.1) is 0 Å². The summed E-state index contributed by atoms with van der Waals surface area (Å²) in [5.74, 6) is -0.327. The second-order valence-corrected chi connectivity index (χ2v) is 6.54. The number of amides is 4. The number of rotatable bonds is 5. The number of urea groups is 1. The average molecular weight is 329 g/mol. The predicted molar refractivity (Wildman–Crippen MR) is 89.0 cm³/mol. The molecule has 128 valence electrons. The van der Waals surface area contributed by atoms with Crippen LogP contribution in [0, 0.1) is 0 Å². The summed E-state index contributed by atoms with van der Waals surface area (Å²) in [5, 5.41) is 5.67. The first kappa shape index (κ1) is 16.5. The van der Waals surface area contributed by atoms with E-state index in [4.69, 9.17) is 0 Å². The zero-order valence-electron chi connectivity index (χ0n) is 13.7. The molecule has 1 aromatic carbocycles. The third-order valence-electron chi connectivity index (χ3n) is 4.85. The van der Waals surface area contributed by atoms with Crippen LogP contribution in [0.4, 0.5) is 4.79 Å². The Labute approximate surface area is 141 Å². The molecule has 0 radical (unpaired) electrons. The molecule has 1 aliphatic carbocycles. The fourth-order valence-corrected chi connectivity index (χ4v) is 3.47. The van der Waals surface area contributed by atoms with Crippen LogP contribution in [0.1, 0.15) is 44.1 Å². The van der Waals surface area contributed by atoms with Crippen LogP contribution in [-0.2, 0) is 16.1 Å². The zero-order chi connectivity index (χ0) is 17.0. The minimum atomic E-state index is -0.712. The smallest absolute Gasteiger partial charge is 0.325 e. The van der Waals surface area contributed by atoms with Crippen molar-refractivity contribution in [1.82, 2.24) is 15.5 Å². The molecule has 6 heteroatoms. The molecule has 6 nitrogen and oxygen atoms in total. The lowest BCUT2D eigenvalue weighted by Gasteiger charge is -2.30. The molecule has 0 bridgehead atoms. The van der Waals surface area contributed by atoms with Crippen molar-refractivity contribution in [2.75, 3.05) is 6.54 Å². The SMILES string of the molecule is O=C(CCN1C(=O)NC2(CCCCC2)C1=O)NCc1ccccc1. The monoisotopic (exact) mass is 329 g/mol. The zero-order valence-corrected chi connectivity index (χ0v) is 13.7. The molecular weight excluding hydrogens is 306 g/mol. The molecule has 2 N–H and O–H groups in total. The summed E-state index contributed by atoms with van der Waals surface area (Å²) in [7, 11) is 0. The molecule has 1 heterocycles. The van der Waals surface area contributed by atoms with Crippen molar-refractivity contribution in [1.29, 1.82) is 0 Å². The van der Waals surface area contributed by atoms with E-state index >= 15 is 0 Å². The lowest BCUT2D eigenvalue weighted by molar-refractivity contribution is -0.132. The number of hydrogen-bond donors (Lipinski definition) is 2. The van der Waals surface area contributed by atoms with Crippen molar-refractivity contribution < 1.29 is 14.4 Å². The first-order valence-corrected chi connectivity index (χ1v) is 8.55. The van der Waals surface area contributed by atoms with Crippen LogP contribution in [0.2, 0.25) is 0 Å². The number of nitrogens with one attached hydrogen (secondary N) is 2. The first-order chi connectivity index (χ1) is 11.6. The van der Waals surface area contributed by atoms with Gasteiger partial charge in [-0.1, -0.05) is 49.6 Å². The molecule has 2 fully saturated rings. The van der Waals surface area contributed by atoms with Crippen LogP contribution in [0.15, 0.2) is 30.3 Å². The van der Waals surface area contributed by atoms with E-state index in [1.165, 1.54) is 4.90 Å². The molecule has 2 aliphatic rings. The summed E-state index contributed by atoms with van der Waals surface area (Å²) in [4.78, 5) is 37.9. The summed E-state index contributed by atoms with van der Waals surface area (Å²) in [5.41, 5.74) is 0.303. The van der Waals surface area contributed by atoms with E-state index in [2.05, 4.69) is 10.6 Å². The number of hydrogen-bond acceptors (Lipinski definition) is 3. The molecule has 0 atom stereocenters. The lowest BCUT2D eigenvalue weighted by atomic mass is 9.82. The highest BCUT2D eigenvalue weighted by Crippen LogP contribution is 2.33. The molecule has 1 aliphatic heterocycles. The second kappa shape index (κ2) is 7.03. The molecule has 3 rings (SSSR count). The van der Waals surface area contributed by atoms with E-state index in [9.17, 15) is 14.4 Å². The van der Waals surface area contributed by atoms with Gasteiger partial charge in [0, 0.05) is 19.5 Å². The van der Waals surface area contributed by atoms with Crippen molar-refractivity contribution in [3.05, 3.63) is 35.9 Å². The maximum Gasteiger partial charge on any atom is 0.325 e. The molecular formula is C18H23N3O3. The van der Waals surface area contributed by atoms with Crippen molar-refractivity contribution in [2.45, 2.75) is 50.6 Å². The third-order valence-corrected chi connectivity index (χ3v) is 4.85. The first-order valence-electron chi connectivity index (χ1n) is 8.55. The van der Waals surface area contributed by atoms with Crippen LogP contribution in [0.3, 0.4) is 0 Å². The molecule has 1 saturated heterocycles. The Morgan fingerprint density at radius 3 is 2.54 bits per heavy atom. The van der Waals surface area contributed by atoms with Crippen LogP contribution >= 0.6 is 0 Å². The summed E-state index contributed by atoms with van der Waals surface area (Å²) in [6.45, 7) is 0.580. The van der Waals surface area contributed by atoms with Crippen molar-refractivity contribution in [3.8, 4) is 0 Å². The lowest BCUT2D eigenvalue weighted by Crippen LogP contribution is -2.48. The van der Waals surface area contributed by atoms with Crippen LogP contribution in [0.5, 0.6) is 0 Å². The Kier molecular flexibility index (Phi) is 4.83. The largest absolute Gasteiger partial charge is 0.352 e. The van der Waals surface area contributed by atoms with E-state index < -0.39 is 5.54 Å². The van der Waals surface area contributed by atoms with Gasteiger partial charge in [0.15, 0.2) is 0 Å². The molecule has 0 aromatic heterocycles. The van der Waals surface area contributed by atoms with Gasteiger partial charge in [-0.3, -0.25) is 14.5 Å². The van der Waals surface area contributed by atoms with E-state index in [0.717, 1.165) is 24.8 Å². The fourth-order valence-electron chi connectivity index (χ4n) is 3.47.